The van der Waals surface area contributed by atoms with Crippen LogP contribution >= 0.6 is 0 Å². The monoisotopic (exact) mass is 328 g/mol. The summed E-state index contributed by atoms with van der Waals surface area (Å²) in [5.41, 5.74) is 3.16. The Morgan fingerprint density at radius 1 is 1.29 bits per heavy atom. The normalized spacial score (nSPS) is 21.8. The number of amides is 1. The summed E-state index contributed by atoms with van der Waals surface area (Å²) in [6.45, 7) is 8.83. The molecule has 0 aromatic heterocycles. The largest absolute Gasteiger partial charge is 0.491 e. The van der Waals surface area contributed by atoms with Gasteiger partial charge in [0.15, 0.2) is 0 Å². The van der Waals surface area contributed by atoms with Crippen LogP contribution in [0.3, 0.4) is 0 Å². The molecule has 2 N–H and O–H groups in total. The maximum Gasteiger partial charge on any atom is 0.491 e. The van der Waals surface area contributed by atoms with E-state index in [9.17, 15) is 4.79 Å². The Labute approximate surface area is 143 Å². The van der Waals surface area contributed by atoms with E-state index < -0.39 is 7.12 Å². The fourth-order valence-electron chi connectivity index (χ4n) is 3.00. The van der Waals surface area contributed by atoms with Crippen LogP contribution in [0.15, 0.2) is 23.7 Å². The Kier molecular flexibility index (Phi) is 4.32. The Balaban J connectivity index is 1.95. The second-order valence-electron chi connectivity index (χ2n) is 7.44. The molecule has 0 bridgehead atoms. The number of hydrogen-bond donors (Lipinski definition) is 2. The van der Waals surface area contributed by atoms with E-state index >= 15 is 0 Å². The summed E-state index contributed by atoms with van der Waals surface area (Å²) in [6.07, 6.45) is 2.50. The van der Waals surface area contributed by atoms with Crippen molar-refractivity contribution < 1.29 is 14.1 Å². The topological polar surface area (TPSA) is 59.6 Å². The minimum absolute atomic E-state index is 0.0386. The van der Waals surface area contributed by atoms with E-state index in [1.165, 1.54) is 0 Å². The molecule has 1 aromatic rings. The molecule has 6 heteroatoms. The molecule has 1 aromatic carbocycles. The Bertz CT molecular complexity index is 682. The quantitative estimate of drug-likeness (QED) is 0.834. The highest BCUT2D eigenvalue weighted by Crippen LogP contribution is 2.39. The van der Waals surface area contributed by atoms with Gasteiger partial charge >= 0.3 is 7.12 Å². The van der Waals surface area contributed by atoms with Gasteiger partial charge in [0.2, 0.25) is 5.91 Å². The third-order valence-electron chi connectivity index (χ3n) is 5.08. The van der Waals surface area contributed by atoms with Gasteiger partial charge in [0, 0.05) is 6.54 Å². The summed E-state index contributed by atoms with van der Waals surface area (Å²) in [6, 6.07) is 5.97. The van der Waals surface area contributed by atoms with Gasteiger partial charge in [-0.05, 0) is 51.3 Å². The molecular weight excluding hydrogens is 303 g/mol. The van der Waals surface area contributed by atoms with E-state index in [0.29, 0.717) is 13.0 Å². The lowest BCUT2D eigenvalue weighted by Gasteiger charge is -2.32. The van der Waals surface area contributed by atoms with Crippen molar-refractivity contribution in [2.45, 2.75) is 45.3 Å². The lowest BCUT2D eigenvalue weighted by atomic mass is 9.76. The second-order valence-corrected chi connectivity index (χ2v) is 7.44. The summed E-state index contributed by atoms with van der Waals surface area (Å²) in [4.78, 5) is 11.7. The first kappa shape index (κ1) is 17.2. The van der Waals surface area contributed by atoms with Crippen LogP contribution in [0.5, 0.6) is 0 Å². The molecule has 0 atom stereocenters. The molecule has 0 spiro atoms. The summed E-state index contributed by atoms with van der Waals surface area (Å²) in [5, 5.41) is 6.13. The highest BCUT2D eigenvalue weighted by molar-refractivity contribution is 6.56. The molecule has 0 radical (unpaired) electrons. The third-order valence-corrected chi connectivity index (χ3v) is 5.08. The lowest BCUT2D eigenvalue weighted by Crippen LogP contribution is -2.41. The number of benzene rings is 1. The van der Waals surface area contributed by atoms with Crippen LogP contribution in [0.25, 0.3) is 6.08 Å². The van der Waals surface area contributed by atoms with Gasteiger partial charge < -0.3 is 19.9 Å². The van der Waals surface area contributed by atoms with Gasteiger partial charge in [-0.3, -0.25) is 4.79 Å². The smallest absolute Gasteiger partial charge is 0.400 e. The van der Waals surface area contributed by atoms with Gasteiger partial charge in [0.25, 0.3) is 0 Å². The lowest BCUT2D eigenvalue weighted by molar-refractivity contribution is -0.115. The zero-order valence-corrected chi connectivity index (χ0v) is 15.0. The van der Waals surface area contributed by atoms with Gasteiger partial charge in [-0.2, -0.15) is 0 Å². The standard InChI is InChI=1S/C18H25BN2O3/c1-17(2)18(3,4)24-19(23-17)14(11-20-5)9-12-7-6-8-13-10-15(22)21-16(12)13/h6-9,20H,10-11H2,1-5H3,(H,21,22). The second kappa shape index (κ2) is 6.03. The zero-order chi connectivity index (χ0) is 17.5. The first-order valence-electron chi connectivity index (χ1n) is 8.36. The van der Waals surface area contributed by atoms with Crippen LogP contribution < -0.4 is 10.6 Å². The number of carbonyl (C=O) groups is 1. The Morgan fingerprint density at radius 3 is 2.58 bits per heavy atom. The van der Waals surface area contributed by atoms with Gasteiger partial charge in [-0.25, -0.2) is 0 Å². The third kappa shape index (κ3) is 3.01. The number of carbonyl (C=O) groups excluding carboxylic acids is 1. The first-order chi connectivity index (χ1) is 11.2. The molecule has 3 rings (SSSR count). The Hall–Kier alpha value is -1.63. The van der Waals surface area contributed by atoms with Crippen molar-refractivity contribution in [1.82, 2.24) is 5.32 Å². The van der Waals surface area contributed by atoms with E-state index in [1.807, 2.05) is 52.9 Å². The maximum absolute atomic E-state index is 11.7. The fraction of sp³-hybridized carbons (Fsp3) is 0.500. The predicted octanol–water partition coefficient (Wildman–Crippen LogP) is 2.42. The van der Waals surface area contributed by atoms with E-state index in [0.717, 1.165) is 22.3 Å². The van der Waals surface area contributed by atoms with Crippen LogP contribution in [-0.4, -0.2) is 37.8 Å². The van der Waals surface area contributed by atoms with E-state index in [-0.39, 0.29) is 17.1 Å². The molecule has 1 fully saturated rings. The number of hydrogen-bond acceptors (Lipinski definition) is 4. The first-order valence-corrected chi connectivity index (χ1v) is 8.36. The van der Waals surface area contributed by atoms with E-state index in [1.54, 1.807) is 0 Å². The molecular formula is C18H25BN2O3. The van der Waals surface area contributed by atoms with Crippen molar-refractivity contribution in [3.05, 3.63) is 34.8 Å². The van der Waals surface area contributed by atoms with Crippen LogP contribution in [0.4, 0.5) is 5.69 Å². The summed E-state index contributed by atoms with van der Waals surface area (Å²) in [5.74, 6) is 0.0386. The summed E-state index contributed by atoms with van der Waals surface area (Å²) < 4.78 is 12.3. The molecule has 2 aliphatic heterocycles. The fourth-order valence-corrected chi connectivity index (χ4v) is 3.00. The van der Waals surface area contributed by atoms with Crippen molar-refractivity contribution in [2.24, 2.45) is 0 Å². The number of nitrogens with one attached hydrogen (secondary N) is 2. The van der Waals surface area contributed by atoms with Gasteiger partial charge in [-0.15, -0.1) is 0 Å². The molecule has 2 aliphatic rings. The van der Waals surface area contributed by atoms with Crippen molar-refractivity contribution >= 4 is 24.8 Å². The molecule has 0 unspecified atom stereocenters. The molecule has 1 amide bonds. The molecule has 0 aliphatic carbocycles. The molecule has 5 nitrogen and oxygen atoms in total. The van der Waals surface area contributed by atoms with Crippen LogP contribution in [-0.2, 0) is 20.5 Å². The van der Waals surface area contributed by atoms with E-state index in [4.69, 9.17) is 9.31 Å². The molecule has 24 heavy (non-hydrogen) atoms. The summed E-state index contributed by atoms with van der Waals surface area (Å²) in [7, 11) is 1.49. The van der Waals surface area contributed by atoms with Gasteiger partial charge in [0.1, 0.15) is 0 Å². The maximum atomic E-state index is 11.7. The highest BCUT2D eigenvalue weighted by atomic mass is 16.7. The Morgan fingerprint density at radius 2 is 1.96 bits per heavy atom. The zero-order valence-electron chi connectivity index (χ0n) is 15.0. The minimum Gasteiger partial charge on any atom is -0.400 e. The van der Waals surface area contributed by atoms with Crippen LogP contribution in [0, 0.1) is 0 Å². The van der Waals surface area contributed by atoms with Crippen molar-refractivity contribution in [3.63, 3.8) is 0 Å². The highest BCUT2D eigenvalue weighted by Gasteiger charge is 2.52. The number of rotatable bonds is 4. The molecule has 128 valence electrons. The number of para-hydroxylation sites is 1. The molecule has 1 saturated heterocycles. The number of likely N-dealkylation sites (N-methyl/N-ethyl adjacent to an activating group) is 1. The predicted molar refractivity (Wildman–Crippen MR) is 96.8 cm³/mol. The average molecular weight is 328 g/mol. The van der Waals surface area contributed by atoms with Crippen LogP contribution in [0.2, 0.25) is 0 Å². The SMILES string of the molecule is CNCC(=Cc1cccc2c1NC(=O)C2)B1OC(C)(C)C(C)(C)O1. The van der Waals surface area contributed by atoms with Crippen molar-refractivity contribution in [3.8, 4) is 0 Å². The number of anilines is 1. The van der Waals surface area contributed by atoms with Crippen molar-refractivity contribution in [2.75, 3.05) is 18.9 Å². The van der Waals surface area contributed by atoms with Gasteiger partial charge in [-0.1, -0.05) is 24.3 Å². The molecule has 0 saturated carbocycles. The van der Waals surface area contributed by atoms with E-state index in [2.05, 4.69) is 16.7 Å². The van der Waals surface area contributed by atoms with Gasteiger partial charge in [0.05, 0.1) is 23.3 Å². The minimum atomic E-state index is -0.407. The summed E-state index contributed by atoms with van der Waals surface area (Å²) >= 11 is 0. The number of fused-ring (bicyclic) bond motifs is 1. The molecule has 2 heterocycles. The van der Waals surface area contributed by atoms with Crippen molar-refractivity contribution in [1.29, 1.82) is 0 Å². The van der Waals surface area contributed by atoms with Crippen LogP contribution in [0.1, 0.15) is 38.8 Å². The average Bonchev–Trinajstić information content (AvgIpc) is 2.95.